The van der Waals surface area contributed by atoms with Gasteiger partial charge in [0, 0.05) is 28.3 Å². The van der Waals surface area contributed by atoms with E-state index in [9.17, 15) is 31.1 Å². The highest BCUT2D eigenvalue weighted by molar-refractivity contribution is 5.85. The smallest absolute Gasteiger partial charge is 0.392 e. The van der Waals surface area contributed by atoms with Crippen molar-refractivity contribution >= 4 is 17.9 Å². The Balaban J connectivity index is 0.000000263. The van der Waals surface area contributed by atoms with Crippen molar-refractivity contribution in [3.63, 3.8) is 0 Å². The van der Waals surface area contributed by atoms with Crippen molar-refractivity contribution in [2.24, 2.45) is 0 Å². The third-order valence-corrected chi connectivity index (χ3v) is 7.52. The Labute approximate surface area is 294 Å². The van der Waals surface area contributed by atoms with Crippen molar-refractivity contribution in [3.05, 3.63) is 160 Å². The van der Waals surface area contributed by atoms with E-state index in [1.165, 1.54) is 29.8 Å². The minimum absolute atomic E-state index is 0. The van der Waals surface area contributed by atoms with E-state index in [4.69, 9.17) is 9.84 Å². The van der Waals surface area contributed by atoms with Gasteiger partial charge in [0.25, 0.3) is 0 Å². The number of alkyl halides is 6. The number of aldehydes is 1. The average Bonchev–Trinajstić information content (AvgIpc) is 3.09. The number of halogens is 6. The number of aromatic hydroxyl groups is 1. The summed E-state index contributed by atoms with van der Waals surface area (Å²) in [5.74, 6) is 1.33. The summed E-state index contributed by atoms with van der Waals surface area (Å²) in [6, 6.07) is 36.4. The van der Waals surface area contributed by atoms with Gasteiger partial charge >= 0.3 is 12.4 Å². The molecule has 0 saturated heterocycles. The Hall–Kier alpha value is -5.31. The number of fused-ring (bicyclic) bond motifs is 2. The fourth-order valence-electron chi connectivity index (χ4n) is 5.20. The number of phenols is 1. The number of hydrogen-bond acceptors (Lipinski definition) is 3. The third kappa shape index (κ3) is 12.8. The second kappa shape index (κ2) is 18.6. The molecule has 9 heteroatoms. The summed E-state index contributed by atoms with van der Waals surface area (Å²) >= 11 is 0. The number of ether oxygens (including phenoxy) is 1. The molecule has 6 rings (SSSR count). The maximum absolute atomic E-state index is 12.6. The van der Waals surface area contributed by atoms with Crippen molar-refractivity contribution in [1.82, 2.24) is 0 Å². The van der Waals surface area contributed by atoms with Crippen LogP contribution in [0.5, 0.6) is 17.2 Å². The molecule has 0 amide bonds. The zero-order valence-corrected chi connectivity index (χ0v) is 27.3. The Morgan fingerprint density at radius 3 is 1.94 bits per heavy atom. The first-order valence-electron chi connectivity index (χ1n) is 16.0. The molecular formula is C42H40F6O3. The molecule has 3 nitrogen and oxygen atoms in total. The first-order chi connectivity index (χ1) is 23.8. The first kappa shape index (κ1) is 40.1. The summed E-state index contributed by atoms with van der Waals surface area (Å²) in [6.45, 7) is 2.12. The van der Waals surface area contributed by atoms with E-state index in [0.717, 1.165) is 52.4 Å². The van der Waals surface area contributed by atoms with Crippen LogP contribution in [0.3, 0.4) is 0 Å². The highest BCUT2D eigenvalue weighted by atomic mass is 19.4. The van der Waals surface area contributed by atoms with Crippen LogP contribution in [0.1, 0.15) is 66.2 Å². The predicted molar refractivity (Wildman–Crippen MR) is 190 cm³/mol. The molecule has 0 unspecified atom stereocenters. The molecule has 1 N–H and O–H groups in total. The topological polar surface area (TPSA) is 46.5 Å². The summed E-state index contributed by atoms with van der Waals surface area (Å²) in [7, 11) is 0. The van der Waals surface area contributed by atoms with Gasteiger partial charge in [-0.05, 0) is 65.1 Å². The van der Waals surface area contributed by atoms with Crippen LogP contribution in [-0.4, -0.2) is 23.7 Å². The lowest BCUT2D eigenvalue weighted by Crippen LogP contribution is -2.20. The molecule has 5 aromatic carbocycles. The summed E-state index contributed by atoms with van der Waals surface area (Å²) < 4.78 is 79.3. The van der Waals surface area contributed by atoms with Gasteiger partial charge in [-0.2, -0.15) is 26.3 Å². The highest BCUT2D eigenvalue weighted by Crippen LogP contribution is 2.36. The van der Waals surface area contributed by atoms with Gasteiger partial charge in [0.15, 0.2) is 0 Å². The van der Waals surface area contributed by atoms with Gasteiger partial charge in [0.2, 0.25) is 0 Å². The maximum atomic E-state index is 12.6. The molecule has 0 aromatic heterocycles. The van der Waals surface area contributed by atoms with Gasteiger partial charge in [0.05, 0.1) is 6.42 Å². The number of rotatable bonds is 7. The highest BCUT2D eigenvalue weighted by Gasteiger charge is 2.26. The van der Waals surface area contributed by atoms with E-state index < -0.39 is 25.2 Å². The second-order valence-electron chi connectivity index (χ2n) is 11.5. The fourth-order valence-corrected chi connectivity index (χ4v) is 5.20. The molecule has 0 radical (unpaired) electrons. The minimum Gasteiger partial charge on any atom is -0.508 e. The summed E-state index contributed by atoms with van der Waals surface area (Å²) in [5.41, 5.74) is 5.49. The van der Waals surface area contributed by atoms with Crippen LogP contribution in [0.25, 0.3) is 11.6 Å². The molecule has 1 aliphatic rings. The molecule has 1 aliphatic heterocycles. The van der Waals surface area contributed by atoms with Crippen LogP contribution in [0.2, 0.25) is 0 Å². The van der Waals surface area contributed by atoms with Crippen LogP contribution < -0.4 is 15.2 Å². The summed E-state index contributed by atoms with van der Waals surface area (Å²) in [6.07, 6.45) is -6.25. The van der Waals surface area contributed by atoms with E-state index in [0.29, 0.717) is 16.5 Å². The van der Waals surface area contributed by atoms with Gasteiger partial charge in [-0.25, -0.2) is 0 Å². The number of hydrogen-bond donors (Lipinski definition) is 1. The van der Waals surface area contributed by atoms with Crippen molar-refractivity contribution in [3.8, 4) is 17.2 Å². The van der Waals surface area contributed by atoms with Crippen LogP contribution in [0.15, 0.2) is 121 Å². The Morgan fingerprint density at radius 1 is 0.686 bits per heavy atom. The summed E-state index contributed by atoms with van der Waals surface area (Å²) in [5, 5.41) is 10.3. The molecule has 1 heterocycles. The normalized spacial score (nSPS) is 12.1. The van der Waals surface area contributed by atoms with E-state index in [-0.39, 0.29) is 19.6 Å². The minimum atomic E-state index is -4.22. The van der Waals surface area contributed by atoms with Crippen LogP contribution >= 0.6 is 0 Å². The molecule has 0 atom stereocenters. The van der Waals surface area contributed by atoms with Crippen molar-refractivity contribution < 1.29 is 41.0 Å². The second-order valence-corrected chi connectivity index (χ2v) is 11.5. The van der Waals surface area contributed by atoms with Crippen molar-refractivity contribution in [2.75, 3.05) is 0 Å². The first-order valence-corrected chi connectivity index (χ1v) is 16.0. The zero-order chi connectivity index (χ0) is 36.1. The van der Waals surface area contributed by atoms with E-state index in [1.807, 2.05) is 60.7 Å². The predicted octanol–water partition coefficient (Wildman–Crippen LogP) is 10.7. The number of aryl methyl sites for hydroxylation is 2. The number of carbonyl (C=O) groups is 1. The zero-order valence-electron chi connectivity index (χ0n) is 27.3. The molecule has 268 valence electrons. The Morgan fingerprint density at radius 2 is 1.35 bits per heavy atom. The van der Waals surface area contributed by atoms with Crippen LogP contribution in [-0.2, 0) is 12.8 Å². The molecule has 51 heavy (non-hydrogen) atoms. The Kier molecular flexibility index (Phi) is 14.6. The van der Waals surface area contributed by atoms with E-state index in [1.54, 1.807) is 30.3 Å². The number of carbonyl (C=O) groups excluding carboxylic acids is 1. The van der Waals surface area contributed by atoms with E-state index >= 15 is 0 Å². The van der Waals surface area contributed by atoms with Crippen molar-refractivity contribution in [2.45, 2.75) is 58.8 Å². The lowest BCUT2D eigenvalue weighted by atomic mass is 9.91. The molecule has 5 aromatic rings. The molecule has 0 saturated carbocycles. The molecule has 0 spiro atoms. The number of phenolic OH excluding ortho intramolecular Hbond substituents is 1. The molecule has 0 bridgehead atoms. The number of benzene rings is 5. The largest absolute Gasteiger partial charge is 0.508 e. The third-order valence-electron chi connectivity index (χ3n) is 7.52. The average molecular weight is 707 g/mol. The van der Waals surface area contributed by atoms with Gasteiger partial charge in [0.1, 0.15) is 23.5 Å². The maximum Gasteiger partial charge on any atom is 0.392 e. The van der Waals surface area contributed by atoms with Crippen molar-refractivity contribution in [1.29, 1.82) is 0 Å². The standard InChI is InChI=1S/C25H21F3O.C9H9F3O.C7H6O.CH4/c1-2-6-17-9-11-20-22(15-17)29-23-16-18(13-14-25(26,27)28)10-12-21(23)24(20)19-7-4-3-5-8-19;10-9(11,12)5-4-7-2-1-3-8(13)6-7;8-6-7-4-2-1-3-5-7;/h3-5,7-13,15-16H,2,6,14H2,1H3;1-3,6,13H,4-5H2;1-6H;1H4/b18-13+;;;. The van der Waals surface area contributed by atoms with Crippen LogP contribution in [0.4, 0.5) is 26.3 Å². The van der Waals surface area contributed by atoms with Gasteiger partial charge in [-0.15, -0.1) is 0 Å². The monoisotopic (exact) mass is 706 g/mol. The molecule has 0 fully saturated rings. The quantitative estimate of drug-likeness (QED) is 0.133. The van der Waals surface area contributed by atoms with Gasteiger partial charge in [-0.3, -0.25) is 4.79 Å². The summed E-state index contributed by atoms with van der Waals surface area (Å²) in [4.78, 5) is 10.0. The SMILES string of the molecule is C.CCCc1ccc2c(c1)Oc1c/c(=C/CC(F)(F)F)ccc1=C2c1ccccc1.O=Cc1ccccc1.Oc1cccc(CCC(F)(F)F)c1. The lowest BCUT2D eigenvalue weighted by Gasteiger charge is -2.22. The van der Waals surface area contributed by atoms with Gasteiger partial charge < -0.3 is 9.84 Å². The van der Waals surface area contributed by atoms with Gasteiger partial charge in [-0.1, -0.05) is 118 Å². The van der Waals surface area contributed by atoms with E-state index in [2.05, 4.69) is 19.1 Å². The fraction of sp³-hybridized carbons (Fsp3) is 0.214. The lowest BCUT2D eigenvalue weighted by molar-refractivity contribution is -0.134. The van der Waals surface area contributed by atoms with Crippen LogP contribution in [0, 0.1) is 0 Å². The molecular weight excluding hydrogens is 666 g/mol. The Bertz CT molecular complexity index is 1970. The molecule has 0 aliphatic carbocycles.